The van der Waals surface area contributed by atoms with Crippen LogP contribution in [0.25, 0.3) is 0 Å². The van der Waals surface area contributed by atoms with Crippen molar-refractivity contribution in [2.45, 2.75) is 24.9 Å². The fraction of sp³-hybridized carbons (Fsp3) is 0.417. The van der Waals surface area contributed by atoms with Gasteiger partial charge in [-0.05, 0) is 42.7 Å². The highest BCUT2D eigenvalue weighted by Crippen LogP contribution is 2.23. The number of morpholine rings is 1. The van der Waals surface area contributed by atoms with Crippen LogP contribution in [0.5, 0.6) is 0 Å². The summed E-state index contributed by atoms with van der Waals surface area (Å²) >= 11 is 5.91. The smallest absolute Gasteiger partial charge is 0.320 e. The second kappa shape index (κ2) is 10.8. The van der Waals surface area contributed by atoms with Crippen LogP contribution in [-0.2, 0) is 9.53 Å². The van der Waals surface area contributed by atoms with Crippen LogP contribution >= 0.6 is 11.6 Å². The van der Waals surface area contributed by atoms with Gasteiger partial charge in [-0.15, -0.1) is 0 Å². The van der Waals surface area contributed by atoms with Crippen LogP contribution < -0.4 is 10.6 Å². The Morgan fingerprint density at radius 2 is 1.59 bits per heavy atom. The molecule has 3 amide bonds. The molecule has 8 heteroatoms. The lowest BCUT2D eigenvalue weighted by molar-refractivity contribution is -0.135. The number of nitrogens with one attached hydrogen (secondary N) is 2. The summed E-state index contributed by atoms with van der Waals surface area (Å²) in [6.45, 7) is 4.84. The first-order valence-corrected chi connectivity index (χ1v) is 11.5. The fourth-order valence-corrected chi connectivity index (χ4v) is 4.47. The summed E-state index contributed by atoms with van der Waals surface area (Å²) in [6.07, 6.45) is 1.87. The molecule has 7 nitrogen and oxygen atoms in total. The predicted octanol–water partition coefficient (Wildman–Crippen LogP) is 3.53. The minimum absolute atomic E-state index is 0.0807. The third kappa shape index (κ3) is 5.79. The molecule has 0 saturated carbocycles. The number of amides is 3. The zero-order chi connectivity index (χ0) is 22.3. The van der Waals surface area contributed by atoms with Gasteiger partial charge in [0.1, 0.15) is 6.04 Å². The maximum Gasteiger partial charge on any atom is 0.320 e. The van der Waals surface area contributed by atoms with Gasteiger partial charge in [-0.1, -0.05) is 41.9 Å². The molecular formula is C24H29ClN4O3. The Hall–Kier alpha value is -2.61. The number of anilines is 1. The monoisotopic (exact) mass is 456 g/mol. The van der Waals surface area contributed by atoms with E-state index in [1.165, 1.54) is 0 Å². The highest BCUT2D eigenvalue weighted by molar-refractivity contribution is 6.30. The normalized spacial score (nSPS) is 18.7. The predicted molar refractivity (Wildman–Crippen MR) is 125 cm³/mol. The molecule has 170 valence electrons. The van der Waals surface area contributed by atoms with E-state index >= 15 is 0 Å². The Balaban J connectivity index is 1.40. The number of benzene rings is 2. The van der Waals surface area contributed by atoms with Gasteiger partial charge >= 0.3 is 6.03 Å². The maximum absolute atomic E-state index is 13.4. The van der Waals surface area contributed by atoms with E-state index in [4.69, 9.17) is 16.3 Å². The van der Waals surface area contributed by atoms with Crippen molar-refractivity contribution in [3.8, 4) is 0 Å². The lowest BCUT2D eigenvalue weighted by atomic mass is 10.00. The van der Waals surface area contributed by atoms with Crippen LogP contribution in [-0.4, -0.2) is 67.2 Å². The largest absolute Gasteiger partial charge is 0.379 e. The number of ether oxygens (including phenoxy) is 1. The first-order valence-electron chi connectivity index (χ1n) is 11.1. The Labute approximate surface area is 193 Å². The molecule has 2 aromatic rings. The second-order valence-electron chi connectivity index (χ2n) is 8.15. The number of hydrogen-bond donors (Lipinski definition) is 2. The summed E-state index contributed by atoms with van der Waals surface area (Å²) in [7, 11) is 0. The number of carbonyl (C=O) groups excluding carboxylic acids is 2. The number of halogens is 1. The molecule has 32 heavy (non-hydrogen) atoms. The summed E-state index contributed by atoms with van der Waals surface area (Å²) in [4.78, 5) is 30.5. The number of urea groups is 1. The summed E-state index contributed by atoms with van der Waals surface area (Å²) in [6, 6.07) is 15.5. The Bertz CT molecular complexity index is 895. The van der Waals surface area contributed by atoms with Crippen molar-refractivity contribution in [3.05, 3.63) is 65.2 Å². The van der Waals surface area contributed by atoms with Crippen LogP contribution in [0.3, 0.4) is 0 Å². The second-order valence-corrected chi connectivity index (χ2v) is 8.59. The molecule has 0 aliphatic carbocycles. The zero-order valence-corrected chi connectivity index (χ0v) is 18.8. The van der Waals surface area contributed by atoms with Crippen LogP contribution in [0.15, 0.2) is 54.6 Å². The van der Waals surface area contributed by atoms with Gasteiger partial charge in [0, 0.05) is 42.9 Å². The molecule has 2 aliphatic rings. The van der Waals surface area contributed by atoms with Crippen molar-refractivity contribution in [2.75, 3.05) is 44.7 Å². The summed E-state index contributed by atoms with van der Waals surface area (Å²) in [5.41, 5.74) is 1.37. The first-order chi connectivity index (χ1) is 15.6. The van der Waals surface area contributed by atoms with Crippen LogP contribution in [0.4, 0.5) is 10.5 Å². The molecule has 2 N–H and O–H groups in total. The highest BCUT2D eigenvalue weighted by Gasteiger charge is 2.32. The zero-order valence-electron chi connectivity index (χ0n) is 18.0. The van der Waals surface area contributed by atoms with Crippen molar-refractivity contribution in [3.63, 3.8) is 0 Å². The molecule has 0 unspecified atom stereocenters. The van der Waals surface area contributed by atoms with Crippen LogP contribution in [0.2, 0.25) is 5.02 Å². The van der Waals surface area contributed by atoms with Gasteiger partial charge in [0.15, 0.2) is 0 Å². The van der Waals surface area contributed by atoms with Gasteiger partial charge in [0.05, 0.1) is 13.2 Å². The minimum Gasteiger partial charge on any atom is -0.379 e. The quantitative estimate of drug-likeness (QED) is 0.721. The highest BCUT2D eigenvalue weighted by atomic mass is 35.5. The van der Waals surface area contributed by atoms with Gasteiger partial charge in [0.2, 0.25) is 5.91 Å². The lowest BCUT2D eigenvalue weighted by Gasteiger charge is -2.40. The molecule has 2 aromatic carbocycles. The van der Waals surface area contributed by atoms with Gasteiger partial charge < -0.3 is 20.3 Å². The van der Waals surface area contributed by atoms with Crippen LogP contribution in [0.1, 0.15) is 24.4 Å². The maximum atomic E-state index is 13.4. The van der Waals surface area contributed by atoms with Crippen molar-refractivity contribution < 1.29 is 14.3 Å². The van der Waals surface area contributed by atoms with E-state index in [-0.39, 0.29) is 5.91 Å². The number of piperidine rings is 1. The van der Waals surface area contributed by atoms with E-state index in [1.807, 2.05) is 35.2 Å². The average Bonchev–Trinajstić information content (AvgIpc) is 2.85. The first kappa shape index (κ1) is 22.6. The summed E-state index contributed by atoms with van der Waals surface area (Å²) < 4.78 is 5.46. The summed E-state index contributed by atoms with van der Waals surface area (Å²) in [5.74, 6) is -0.0807. The molecule has 1 atom stereocenters. The molecule has 0 aromatic heterocycles. The Kier molecular flexibility index (Phi) is 7.63. The number of rotatable bonds is 5. The summed E-state index contributed by atoms with van der Waals surface area (Å²) in [5, 5.41) is 6.24. The number of likely N-dealkylation sites (tertiary alicyclic amines) is 1. The molecule has 2 fully saturated rings. The van der Waals surface area contributed by atoms with E-state index < -0.39 is 12.1 Å². The average molecular weight is 457 g/mol. The molecule has 4 rings (SSSR count). The number of carbonyl (C=O) groups is 2. The molecule has 0 bridgehead atoms. The molecule has 0 spiro atoms. The number of nitrogens with zero attached hydrogens (tertiary/aromatic N) is 2. The van der Waals surface area contributed by atoms with Gasteiger partial charge in [-0.25, -0.2) is 4.79 Å². The van der Waals surface area contributed by atoms with E-state index in [9.17, 15) is 9.59 Å². The van der Waals surface area contributed by atoms with E-state index in [2.05, 4.69) is 15.5 Å². The van der Waals surface area contributed by atoms with E-state index in [0.29, 0.717) is 29.8 Å². The number of hydrogen-bond acceptors (Lipinski definition) is 4. The molecule has 2 aliphatic heterocycles. The Morgan fingerprint density at radius 1 is 0.938 bits per heavy atom. The lowest BCUT2D eigenvalue weighted by Crippen LogP contribution is -2.52. The van der Waals surface area contributed by atoms with Gasteiger partial charge in [-0.3, -0.25) is 9.69 Å². The SMILES string of the molecule is O=C(Nc1ccc(Cl)cc1)N[C@@H](C(=O)N1CCC(N2CCOCC2)CC1)c1ccccc1. The van der Waals surface area contributed by atoms with Crippen molar-refractivity contribution >= 4 is 29.2 Å². The topological polar surface area (TPSA) is 73.9 Å². The van der Waals surface area contributed by atoms with Crippen molar-refractivity contribution in [2.24, 2.45) is 0 Å². The van der Waals surface area contributed by atoms with E-state index in [0.717, 1.165) is 44.7 Å². The third-order valence-electron chi connectivity index (χ3n) is 6.10. The van der Waals surface area contributed by atoms with Gasteiger partial charge in [0.25, 0.3) is 0 Å². The van der Waals surface area contributed by atoms with E-state index in [1.54, 1.807) is 24.3 Å². The van der Waals surface area contributed by atoms with Crippen LogP contribution in [0, 0.1) is 0 Å². The fourth-order valence-electron chi connectivity index (χ4n) is 4.34. The molecule has 0 radical (unpaired) electrons. The van der Waals surface area contributed by atoms with Crippen molar-refractivity contribution in [1.29, 1.82) is 0 Å². The molecule has 2 saturated heterocycles. The third-order valence-corrected chi connectivity index (χ3v) is 6.35. The molecule has 2 heterocycles. The standard InChI is InChI=1S/C24H29ClN4O3/c25-19-6-8-20(9-7-19)26-24(31)27-22(18-4-2-1-3-5-18)23(30)29-12-10-21(11-13-29)28-14-16-32-17-15-28/h1-9,21-22H,10-17H2,(H2,26,27,31)/t22-/m1/s1. The van der Waals surface area contributed by atoms with Crippen molar-refractivity contribution in [1.82, 2.24) is 15.1 Å². The Morgan fingerprint density at radius 3 is 2.25 bits per heavy atom. The molecular weight excluding hydrogens is 428 g/mol. The minimum atomic E-state index is -0.747. The van der Waals surface area contributed by atoms with Gasteiger partial charge in [-0.2, -0.15) is 0 Å².